The van der Waals surface area contributed by atoms with E-state index in [4.69, 9.17) is 11.6 Å². The number of sulfone groups is 1. The van der Waals surface area contributed by atoms with Crippen molar-refractivity contribution in [1.82, 2.24) is 4.72 Å². The van der Waals surface area contributed by atoms with Gasteiger partial charge in [-0.1, -0.05) is 29.8 Å². The molecule has 9 heteroatoms. The molecule has 1 N–H and O–H groups in total. The molecule has 0 heterocycles. The summed E-state index contributed by atoms with van der Waals surface area (Å²) in [7, 11) is -7.94. The summed E-state index contributed by atoms with van der Waals surface area (Å²) in [4.78, 5) is -0.425. The highest BCUT2D eigenvalue weighted by Gasteiger charge is 2.23. The van der Waals surface area contributed by atoms with Crippen molar-refractivity contribution in [2.24, 2.45) is 0 Å². The molecule has 0 atom stereocenters. The molecule has 0 aromatic heterocycles. The molecule has 0 aliphatic heterocycles. The molecule has 158 valence electrons. The number of halogens is 2. The van der Waals surface area contributed by atoms with Gasteiger partial charge in [-0.05, 0) is 73.0 Å². The monoisotopic (exact) mass is 467 g/mol. The number of hydrogen-bond donors (Lipinski definition) is 1. The van der Waals surface area contributed by atoms with Crippen molar-refractivity contribution in [3.05, 3.63) is 88.7 Å². The molecule has 0 aliphatic carbocycles. The van der Waals surface area contributed by atoms with E-state index in [-0.39, 0.29) is 21.2 Å². The summed E-state index contributed by atoms with van der Waals surface area (Å²) >= 11 is 5.84. The van der Waals surface area contributed by atoms with Crippen LogP contribution in [0.4, 0.5) is 4.39 Å². The van der Waals surface area contributed by atoms with E-state index in [0.29, 0.717) is 17.0 Å². The van der Waals surface area contributed by atoms with Crippen molar-refractivity contribution < 1.29 is 21.2 Å². The second-order valence-corrected chi connectivity index (χ2v) is 10.8. The Bertz CT molecular complexity index is 1260. The largest absolute Gasteiger partial charge is 0.240 e. The molecule has 0 bridgehead atoms. The topological polar surface area (TPSA) is 80.3 Å². The maximum Gasteiger partial charge on any atom is 0.240 e. The first-order valence-corrected chi connectivity index (χ1v) is 12.3. The van der Waals surface area contributed by atoms with Crippen LogP contribution in [0.1, 0.15) is 11.1 Å². The molecule has 0 radical (unpaired) electrons. The third-order valence-electron chi connectivity index (χ3n) is 4.50. The van der Waals surface area contributed by atoms with Crippen LogP contribution in [0.3, 0.4) is 0 Å². The molecule has 3 aromatic carbocycles. The molecule has 0 unspecified atom stereocenters. The van der Waals surface area contributed by atoms with Gasteiger partial charge in [-0.15, -0.1) is 0 Å². The van der Waals surface area contributed by atoms with Gasteiger partial charge in [0.1, 0.15) is 5.82 Å². The maximum absolute atomic E-state index is 13.1. The fourth-order valence-electron chi connectivity index (χ4n) is 2.85. The van der Waals surface area contributed by atoms with E-state index in [9.17, 15) is 21.2 Å². The number of hydrogen-bond acceptors (Lipinski definition) is 4. The van der Waals surface area contributed by atoms with E-state index in [0.717, 1.165) is 35.9 Å². The van der Waals surface area contributed by atoms with E-state index in [1.54, 1.807) is 31.2 Å². The second-order valence-electron chi connectivity index (χ2n) is 6.66. The average Bonchev–Trinajstić information content (AvgIpc) is 2.70. The maximum atomic E-state index is 13.1. The first-order valence-electron chi connectivity index (χ1n) is 8.95. The van der Waals surface area contributed by atoms with Gasteiger partial charge in [0.2, 0.25) is 19.9 Å². The molecule has 0 fully saturated rings. The molecule has 3 aromatic rings. The van der Waals surface area contributed by atoms with Crippen LogP contribution < -0.4 is 4.72 Å². The summed E-state index contributed by atoms with van der Waals surface area (Å²) in [5, 5.41) is 0.592. The first kappa shape index (κ1) is 22.4. The molecule has 5 nitrogen and oxygen atoms in total. The van der Waals surface area contributed by atoms with Crippen LogP contribution in [0.15, 0.2) is 81.4 Å². The van der Waals surface area contributed by atoms with Crippen molar-refractivity contribution in [2.45, 2.75) is 28.0 Å². The fourth-order valence-corrected chi connectivity index (χ4v) is 5.63. The van der Waals surface area contributed by atoms with Crippen LogP contribution in [0.2, 0.25) is 5.02 Å². The zero-order valence-corrected chi connectivity index (χ0v) is 18.4. The van der Waals surface area contributed by atoms with Crippen LogP contribution >= 0.6 is 11.6 Å². The number of sulfonamides is 1. The van der Waals surface area contributed by atoms with Crippen LogP contribution in [0.25, 0.3) is 0 Å². The summed E-state index contributed by atoms with van der Waals surface area (Å²) in [6, 6.07) is 15.3. The third-order valence-corrected chi connectivity index (χ3v) is 8.12. The third kappa shape index (κ3) is 5.07. The normalized spacial score (nSPS) is 12.1. The highest BCUT2D eigenvalue weighted by molar-refractivity contribution is 7.91. The predicted molar refractivity (Wildman–Crippen MR) is 113 cm³/mol. The molecule has 30 heavy (non-hydrogen) atoms. The van der Waals surface area contributed by atoms with E-state index in [2.05, 4.69) is 4.72 Å². The van der Waals surface area contributed by atoms with Gasteiger partial charge in [-0.2, -0.15) is 0 Å². The smallest absolute Gasteiger partial charge is 0.219 e. The van der Waals surface area contributed by atoms with Gasteiger partial charge < -0.3 is 0 Å². The Morgan fingerprint density at radius 3 is 2.10 bits per heavy atom. The highest BCUT2D eigenvalue weighted by Crippen LogP contribution is 2.25. The van der Waals surface area contributed by atoms with Crippen molar-refractivity contribution >= 4 is 31.5 Å². The standard InChI is InChI=1S/C21H19ClFNO4S2/c1-15-2-9-20(29(25,26)19-10-7-18(23)8-11-19)14-21(15)30(27,28)24-13-12-16-3-5-17(22)6-4-16/h2-11,14,24H,12-13H2,1H3. The van der Waals surface area contributed by atoms with Crippen LogP contribution in [0, 0.1) is 12.7 Å². The lowest BCUT2D eigenvalue weighted by Gasteiger charge is -2.12. The molecule has 0 spiro atoms. The fraction of sp³-hybridized carbons (Fsp3) is 0.143. The second kappa shape index (κ2) is 8.85. The summed E-state index contributed by atoms with van der Waals surface area (Å²) in [5.74, 6) is -0.564. The van der Waals surface area contributed by atoms with Crippen molar-refractivity contribution in [2.75, 3.05) is 6.54 Å². The van der Waals surface area contributed by atoms with E-state index < -0.39 is 25.7 Å². The zero-order chi connectivity index (χ0) is 21.9. The number of rotatable bonds is 7. The van der Waals surface area contributed by atoms with Crippen LogP contribution in [0.5, 0.6) is 0 Å². The SMILES string of the molecule is Cc1ccc(S(=O)(=O)c2ccc(F)cc2)cc1S(=O)(=O)NCCc1ccc(Cl)cc1. The quantitative estimate of drug-likeness (QED) is 0.529. The van der Waals surface area contributed by atoms with Gasteiger partial charge in [0, 0.05) is 11.6 Å². The molecule has 0 saturated heterocycles. The lowest BCUT2D eigenvalue weighted by Crippen LogP contribution is -2.27. The number of benzene rings is 3. The molecule has 0 amide bonds. The van der Waals surface area contributed by atoms with Gasteiger partial charge in [0.05, 0.1) is 14.7 Å². The van der Waals surface area contributed by atoms with Crippen molar-refractivity contribution in [1.29, 1.82) is 0 Å². The van der Waals surface area contributed by atoms with E-state index in [1.165, 1.54) is 12.1 Å². The Kier molecular flexibility index (Phi) is 6.62. The minimum atomic E-state index is -3.99. The Morgan fingerprint density at radius 2 is 1.47 bits per heavy atom. The summed E-state index contributed by atoms with van der Waals surface area (Å²) in [5.41, 5.74) is 1.32. The van der Waals surface area contributed by atoms with Gasteiger partial charge in [0.15, 0.2) is 0 Å². The highest BCUT2D eigenvalue weighted by atomic mass is 35.5. The predicted octanol–water partition coefficient (Wildman–Crippen LogP) is 4.14. The van der Waals surface area contributed by atoms with Gasteiger partial charge >= 0.3 is 0 Å². The minimum Gasteiger partial charge on any atom is -0.219 e. The summed E-state index contributed by atoms with van der Waals surface area (Å²) in [6.07, 6.45) is 0.447. The molecule has 3 rings (SSSR count). The van der Waals surface area contributed by atoms with Crippen molar-refractivity contribution in [3.63, 3.8) is 0 Å². The molecule has 0 saturated carbocycles. The molecule has 0 aliphatic rings. The number of aryl methyl sites for hydroxylation is 1. The lowest BCUT2D eigenvalue weighted by molar-refractivity contribution is 0.580. The summed E-state index contributed by atoms with van der Waals surface area (Å²) in [6.45, 7) is 1.72. The van der Waals surface area contributed by atoms with Crippen molar-refractivity contribution in [3.8, 4) is 0 Å². The van der Waals surface area contributed by atoms with E-state index in [1.807, 2.05) is 0 Å². The first-order chi connectivity index (χ1) is 14.1. The Balaban J connectivity index is 1.84. The summed E-state index contributed by atoms with van der Waals surface area (Å²) < 4.78 is 66.8. The van der Waals surface area contributed by atoms with E-state index >= 15 is 0 Å². The zero-order valence-electron chi connectivity index (χ0n) is 16.0. The Morgan fingerprint density at radius 1 is 0.867 bits per heavy atom. The Hall–Kier alpha value is -2.26. The van der Waals surface area contributed by atoms with Gasteiger partial charge in [0.25, 0.3) is 0 Å². The van der Waals surface area contributed by atoms with Crippen LogP contribution in [-0.2, 0) is 26.3 Å². The minimum absolute atomic E-state index is 0.119. The Labute approximate surface area is 180 Å². The van der Waals surface area contributed by atoms with Gasteiger partial charge in [-0.25, -0.2) is 25.9 Å². The number of nitrogens with one attached hydrogen (secondary N) is 1. The van der Waals surface area contributed by atoms with Gasteiger partial charge in [-0.3, -0.25) is 0 Å². The van der Waals surface area contributed by atoms with Crippen LogP contribution in [-0.4, -0.2) is 23.4 Å². The average molecular weight is 468 g/mol. The lowest BCUT2D eigenvalue weighted by atomic mass is 10.2. The molecular weight excluding hydrogens is 449 g/mol. The molecular formula is C21H19ClFNO4S2.